The Morgan fingerprint density at radius 1 is 1.26 bits per heavy atom. The lowest BCUT2D eigenvalue weighted by Gasteiger charge is -2.39. The minimum atomic E-state index is -3.70. The van der Waals surface area contributed by atoms with Crippen LogP contribution in [-0.4, -0.2) is 31.3 Å². The second kappa shape index (κ2) is 5.05. The molecule has 2 aliphatic rings. The van der Waals surface area contributed by atoms with Crippen LogP contribution in [0.4, 0.5) is 0 Å². The van der Waals surface area contributed by atoms with Gasteiger partial charge in [-0.25, -0.2) is 8.42 Å². The number of sulfonamides is 1. The van der Waals surface area contributed by atoms with Crippen molar-refractivity contribution in [3.8, 4) is 0 Å². The van der Waals surface area contributed by atoms with E-state index in [0.29, 0.717) is 6.54 Å². The first-order valence-corrected chi connectivity index (χ1v) is 9.30. The summed E-state index contributed by atoms with van der Waals surface area (Å²) in [5.41, 5.74) is 0.0000195. The second-order valence-electron chi connectivity index (χ2n) is 8.08. The lowest BCUT2D eigenvalue weighted by Crippen LogP contribution is -2.37. The van der Waals surface area contributed by atoms with Gasteiger partial charge in [0.05, 0.1) is 10.9 Å². The molecule has 1 saturated heterocycles. The number of carboxylic acids is 1. The molecule has 0 aromatic heterocycles. The summed E-state index contributed by atoms with van der Waals surface area (Å²) in [5, 5.41) is 11.0. The van der Waals surface area contributed by atoms with Crippen molar-refractivity contribution in [3.05, 3.63) is 29.8 Å². The van der Waals surface area contributed by atoms with Crippen molar-refractivity contribution in [1.82, 2.24) is 4.31 Å². The molecule has 0 radical (unpaired) electrons. The fraction of sp³-hybridized carbons (Fsp3) is 0.588. The number of carbonyl (C=O) groups is 1. The van der Waals surface area contributed by atoms with Crippen molar-refractivity contribution in [2.24, 2.45) is 10.8 Å². The number of hydrogen-bond acceptors (Lipinski definition) is 4. The molecule has 1 aliphatic carbocycles. The zero-order valence-electron chi connectivity index (χ0n) is 13.7. The van der Waals surface area contributed by atoms with Gasteiger partial charge in [-0.3, -0.25) is 0 Å². The predicted octanol–water partition coefficient (Wildman–Crippen LogP) is 1.64. The van der Waals surface area contributed by atoms with Crippen LogP contribution < -0.4 is 5.11 Å². The molecule has 23 heavy (non-hydrogen) atoms. The topological polar surface area (TPSA) is 77.5 Å². The smallest absolute Gasteiger partial charge is 0.243 e. The number of hydrogen-bond donors (Lipinski definition) is 0. The average molecular weight is 336 g/mol. The summed E-state index contributed by atoms with van der Waals surface area (Å²) in [6, 6.07) is 5.44. The first kappa shape index (κ1) is 16.5. The number of aromatic carboxylic acids is 1. The Kier molecular flexibility index (Phi) is 3.61. The van der Waals surface area contributed by atoms with Gasteiger partial charge in [0.1, 0.15) is 0 Å². The highest BCUT2D eigenvalue weighted by Crippen LogP contribution is 2.53. The second-order valence-corrected chi connectivity index (χ2v) is 9.97. The van der Waals surface area contributed by atoms with E-state index in [1.807, 2.05) is 0 Å². The Labute approximate surface area is 137 Å². The number of carbonyl (C=O) groups excluding carboxylic acids is 1. The summed E-state index contributed by atoms with van der Waals surface area (Å²) in [6.45, 7) is 7.02. The number of nitrogens with zero attached hydrogens (tertiary/aromatic N) is 1. The third-order valence-electron chi connectivity index (χ3n) is 5.04. The fourth-order valence-electron chi connectivity index (χ4n) is 4.61. The van der Waals surface area contributed by atoms with E-state index >= 15 is 0 Å². The molecular weight excluding hydrogens is 314 g/mol. The van der Waals surface area contributed by atoms with Crippen molar-refractivity contribution in [3.63, 3.8) is 0 Å². The minimum absolute atomic E-state index is 0.00848. The van der Waals surface area contributed by atoms with E-state index < -0.39 is 16.0 Å². The van der Waals surface area contributed by atoms with Gasteiger partial charge in [-0.15, -0.1) is 0 Å². The zero-order valence-corrected chi connectivity index (χ0v) is 14.5. The Hall–Kier alpha value is -1.40. The third-order valence-corrected chi connectivity index (χ3v) is 6.94. The fourth-order valence-corrected chi connectivity index (χ4v) is 6.43. The van der Waals surface area contributed by atoms with Gasteiger partial charge >= 0.3 is 0 Å². The van der Waals surface area contributed by atoms with Crippen molar-refractivity contribution in [2.75, 3.05) is 6.54 Å². The molecular formula is C17H22NO4S-. The van der Waals surface area contributed by atoms with Crippen LogP contribution >= 0.6 is 0 Å². The van der Waals surface area contributed by atoms with Crippen LogP contribution in [0, 0.1) is 10.8 Å². The number of fused-ring (bicyclic) bond motifs is 2. The van der Waals surface area contributed by atoms with Crippen LogP contribution in [-0.2, 0) is 10.0 Å². The van der Waals surface area contributed by atoms with Gasteiger partial charge in [-0.05, 0) is 47.8 Å². The monoisotopic (exact) mass is 336 g/mol. The van der Waals surface area contributed by atoms with Crippen molar-refractivity contribution < 1.29 is 18.3 Å². The third kappa shape index (κ3) is 2.90. The van der Waals surface area contributed by atoms with Gasteiger partial charge in [0, 0.05) is 12.6 Å². The van der Waals surface area contributed by atoms with E-state index in [9.17, 15) is 18.3 Å². The van der Waals surface area contributed by atoms with Gasteiger partial charge in [0.15, 0.2) is 0 Å². The van der Waals surface area contributed by atoms with Gasteiger partial charge in [-0.1, -0.05) is 32.9 Å². The van der Waals surface area contributed by atoms with Crippen LogP contribution in [0.3, 0.4) is 0 Å². The zero-order chi connectivity index (χ0) is 17.0. The van der Waals surface area contributed by atoms with E-state index in [1.165, 1.54) is 24.3 Å². The summed E-state index contributed by atoms with van der Waals surface area (Å²) in [4.78, 5) is 11.0. The molecule has 1 aromatic rings. The standard InChI is InChI=1S/C17H23NO4S/c1-16(2)8-13-9-17(3,10-16)11-18(13)23(21,22)14-6-4-5-12(7-14)15(19)20/h4-7,13H,8-11H2,1-3H3,(H,19,20)/p-1/t13-,17-/m0/s1. The molecule has 1 aliphatic heterocycles. The maximum atomic E-state index is 13.0. The Morgan fingerprint density at radius 3 is 2.61 bits per heavy atom. The lowest BCUT2D eigenvalue weighted by molar-refractivity contribution is -0.255. The van der Waals surface area contributed by atoms with Crippen molar-refractivity contribution in [2.45, 2.75) is 51.0 Å². The maximum Gasteiger partial charge on any atom is 0.243 e. The SMILES string of the molecule is CC1(C)C[C@H]2C[C@](C)(CN2S(=O)(=O)c2cccc(C(=O)[O-])c2)C1. The molecule has 0 amide bonds. The molecule has 1 aromatic carbocycles. The predicted molar refractivity (Wildman–Crippen MR) is 84.2 cm³/mol. The first-order chi connectivity index (χ1) is 10.5. The molecule has 0 unspecified atom stereocenters. The molecule has 0 spiro atoms. The Morgan fingerprint density at radius 2 is 1.96 bits per heavy atom. The van der Waals surface area contributed by atoms with Crippen molar-refractivity contribution in [1.29, 1.82) is 0 Å². The maximum absolute atomic E-state index is 13.0. The number of carboxylic acid groups (broad SMARTS) is 1. The molecule has 126 valence electrons. The highest BCUT2D eigenvalue weighted by atomic mass is 32.2. The van der Waals surface area contributed by atoms with Crippen LogP contribution in [0.5, 0.6) is 0 Å². The highest BCUT2D eigenvalue weighted by molar-refractivity contribution is 7.89. The average Bonchev–Trinajstić information content (AvgIpc) is 2.68. The molecule has 1 saturated carbocycles. The molecule has 6 heteroatoms. The quantitative estimate of drug-likeness (QED) is 0.841. The van der Waals surface area contributed by atoms with Crippen LogP contribution in [0.2, 0.25) is 0 Å². The molecule has 2 fully saturated rings. The van der Waals surface area contributed by atoms with Crippen LogP contribution in [0.25, 0.3) is 0 Å². The summed E-state index contributed by atoms with van der Waals surface area (Å²) in [7, 11) is -3.70. The molecule has 2 atom stereocenters. The normalized spacial score (nSPS) is 30.3. The summed E-state index contributed by atoms with van der Waals surface area (Å²) in [6.07, 6.45) is 2.71. The molecule has 3 rings (SSSR count). The van der Waals surface area contributed by atoms with E-state index in [-0.39, 0.29) is 27.3 Å². The minimum Gasteiger partial charge on any atom is -0.545 e. The number of rotatable bonds is 3. The van der Waals surface area contributed by atoms with Gasteiger partial charge < -0.3 is 9.90 Å². The van der Waals surface area contributed by atoms with E-state index in [0.717, 1.165) is 19.3 Å². The van der Waals surface area contributed by atoms with Crippen LogP contribution in [0.15, 0.2) is 29.2 Å². The summed E-state index contributed by atoms with van der Waals surface area (Å²) in [5.74, 6) is -1.37. The molecule has 5 nitrogen and oxygen atoms in total. The lowest BCUT2D eigenvalue weighted by atomic mass is 9.65. The molecule has 1 heterocycles. The van der Waals surface area contributed by atoms with Gasteiger partial charge in [0.2, 0.25) is 10.0 Å². The molecule has 0 N–H and O–H groups in total. The van der Waals surface area contributed by atoms with Crippen molar-refractivity contribution >= 4 is 16.0 Å². The Bertz CT molecular complexity index is 756. The van der Waals surface area contributed by atoms with E-state index in [1.54, 1.807) is 4.31 Å². The largest absolute Gasteiger partial charge is 0.545 e. The van der Waals surface area contributed by atoms with E-state index in [2.05, 4.69) is 20.8 Å². The molecule has 2 bridgehead atoms. The van der Waals surface area contributed by atoms with Gasteiger partial charge in [0.25, 0.3) is 0 Å². The summed E-state index contributed by atoms with van der Waals surface area (Å²) >= 11 is 0. The van der Waals surface area contributed by atoms with E-state index in [4.69, 9.17) is 0 Å². The first-order valence-electron chi connectivity index (χ1n) is 7.86. The van der Waals surface area contributed by atoms with Crippen LogP contribution in [0.1, 0.15) is 50.4 Å². The highest BCUT2D eigenvalue weighted by Gasteiger charge is 2.53. The number of benzene rings is 1. The summed E-state index contributed by atoms with van der Waals surface area (Å²) < 4.78 is 27.6. The Balaban J connectivity index is 1.98. The van der Waals surface area contributed by atoms with Gasteiger partial charge in [-0.2, -0.15) is 4.31 Å².